The first-order valence-electron chi connectivity index (χ1n) is 5.51. The zero-order valence-corrected chi connectivity index (χ0v) is 10.00. The fourth-order valence-electron chi connectivity index (χ4n) is 2.13. The van der Waals surface area contributed by atoms with Gasteiger partial charge in [-0.2, -0.15) is 0 Å². The largest absolute Gasteiger partial charge is 0.353 e. The molecule has 3 heterocycles. The maximum absolute atomic E-state index is 4.43. The van der Waals surface area contributed by atoms with Gasteiger partial charge in [-0.25, -0.2) is 9.97 Å². The molecule has 5 heteroatoms. The van der Waals surface area contributed by atoms with Gasteiger partial charge in [0.15, 0.2) is 0 Å². The normalized spacial score (nSPS) is 21.6. The third kappa shape index (κ3) is 1.66. The van der Waals surface area contributed by atoms with Crippen LogP contribution in [0.3, 0.4) is 0 Å². The van der Waals surface area contributed by atoms with Crippen molar-refractivity contribution in [1.29, 1.82) is 0 Å². The van der Waals surface area contributed by atoms with E-state index in [0.29, 0.717) is 6.04 Å². The molecule has 2 aromatic rings. The number of piperazine rings is 1. The molecule has 0 amide bonds. The van der Waals surface area contributed by atoms with Crippen molar-refractivity contribution in [1.82, 2.24) is 15.3 Å². The van der Waals surface area contributed by atoms with Gasteiger partial charge >= 0.3 is 0 Å². The van der Waals surface area contributed by atoms with Crippen molar-refractivity contribution in [3.8, 4) is 0 Å². The summed E-state index contributed by atoms with van der Waals surface area (Å²) in [7, 11) is 0. The SMILES string of the molecule is CC1CN(c2ncnc3ccsc23)CCN1. The van der Waals surface area contributed by atoms with Gasteiger partial charge in [0.25, 0.3) is 0 Å². The molecule has 1 unspecified atom stereocenters. The number of nitrogens with zero attached hydrogens (tertiary/aromatic N) is 3. The summed E-state index contributed by atoms with van der Waals surface area (Å²) in [5.41, 5.74) is 1.06. The average Bonchev–Trinajstić information content (AvgIpc) is 2.76. The molecule has 1 aliphatic rings. The second-order valence-electron chi connectivity index (χ2n) is 4.13. The standard InChI is InChI=1S/C11H14N4S/c1-8-6-15(4-3-12-8)11-10-9(2-5-16-10)13-7-14-11/h2,5,7-8,12H,3-4,6H2,1H3. The van der Waals surface area contributed by atoms with Crippen LogP contribution in [0, 0.1) is 0 Å². The van der Waals surface area contributed by atoms with Crippen molar-refractivity contribution < 1.29 is 0 Å². The van der Waals surface area contributed by atoms with Crippen LogP contribution in [0.15, 0.2) is 17.8 Å². The third-order valence-electron chi connectivity index (χ3n) is 2.89. The number of fused-ring (bicyclic) bond motifs is 1. The van der Waals surface area contributed by atoms with Crippen molar-refractivity contribution in [3.63, 3.8) is 0 Å². The van der Waals surface area contributed by atoms with E-state index in [1.165, 1.54) is 4.70 Å². The van der Waals surface area contributed by atoms with Gasteiger partial charge in [-0.05, 0) is 18.4 Å². The predicted molar refractivity (Wildman–Crippen MR) is 67.1 cm³/mol. The van der Waals surface area contributed by atoms with Gasteiger partial charge in [0, 0.05) is 25.7 Å². The lowest BCUT2D eigenvalue weighted by atomic mass is 10.2. The highest BCUT2D eigenvalue weighted by Crippen LogP contribution is 2.28. The molecule has 3 rings (SSSR count). The van der Waals surface area contributed by atoms with Crippen molar-refractivity contribution in [3.05, 3.63) is 17.8 Å². The summed E-state index contributed by atoms with van der Waals surface area (Å²) in [6, 6.07) is 2.58. The Kier molecular flexibility index (Phi) is 2.49. The zero-order valence-electron chi connectivity index (χ0n) is 9.18. The smallest absolute Gasteiger partial charge is 0.150 e. The summed E-state index contributed by atoms with van der Waals surface area (Å²) in [6.07, 6.45) is 1.66. The lowest BCUT2D eigenvalue weighted by Crippen LogP contribution is -2.49. The van der Waals surface area contributed by atoms with E-state index in [0.717, 1.165) is 31.0 Å². The number of thiophene rings is 1. The molecule has 4 nitrogen and oxygen atoms in total. The molecular formula is C11H14N4S. The summed E-state index contributed by atoms with van der Waals surface area (Å²) < 4.78 is 1.21. The molecule has 16 heavy (non-hydrogen) atoms. The lowest BCUT2D eigenvalue weighted by Gasteiger charge is -2.32. The highest BCUT2D eigenvalue weighted by molar-refractivity contribution is 7.17. The van der Waals surface area contributed by atoms with Crippen molar-refractivity contribution in [2.45, 2.75) is 13.0 Å². The first kappa shape index (κ1) is 9.99. The minimum Gasteiger partial charge on any atom is -0.353 e. The van der Waals surface area contributed by atoms with E-state index in [2.05, 4.69) is 38.6 Å². The van der Waals surface area contributed by atoms with Gasteiger partial charge in [0.1, 0.15) is 12.1 Å². The van der Waals surface area contributed by atoms with Crippen LogP contribution in [-0.2, 0) is 0 Å². The molecule has 1 atom stereocenters. The fraction of sp³-hybridized carbons (Fsp3) is 0.455. The average molecular weight is 234 g/mol. The van der Waals surface area contributed by atoms with Gasteiger partial charge in [0.05, 0.1) is 10.2 Å². The quantitative estimate of drug-likeness (QED) is 0.811. The van der Waals surface area contributed by atoms with Crippen LogP contribution in [0.1, 0.15) is 6.92 Å². The second-order valence-corrected chi connectivity index (χ2v) is 5.05. The third-order valence-corrected chi connectivity index (χ3v) is 3.79. The molecule has 0 spiro atoms. The van der Waals surface area contributed by atoms with E-state index >= 15 is 0 Å². The summed E-state index contributed by atoms with van der Waals surface area (Å²) in [6.45, 7) is 5.27. The highest BCUT2D eigenvalue weighted by atomic mass is 32.1. The molecule has 2 aromatic heterocycles. The predicted octanol–water partition coefficient (Wildman–Crippen LogP) is 1.49. The van der Waals surface area contributed by atoms with Gasteiger partial charge in [0.2, 0.25) is 0 Å². The molecule has 0 aromatic carbocycles. The Hall–Kier alpha value is -1.20. The van der Waals surface area contributed by atoms with Crippen LogP contribution in [-0.4, -0.2) is 35.6 Å². The molecule has 0 bridgehead atoms. The van der Waals surface area contributed by atoms with Crippen LogP contribution in [0.2, 0.25) is 0 Å². The Labute approximate surface area is 98.3 Å². The van der Waals surface area contributed by atoms with E-state index in [1.54, 1.807) is 17.7 Å². The Morgan fingerprint density at radius 1 is 1.50 bits per heavy atom. The van der Waals surface area contributed by atoms with Gasteiger partial charge in [-0.15, -0.1) is 11.3 Å². The van der Waals surface area contributed by atoms with Crippen LogP contribution >= 0.6 is 11.3 Å². The van der Waals surface area contributed by atoms with Crippen LogP contribution in [0.5, 0.6) is 0 Å². The molecule has 84 valence electrons. The summed E-state index contributed by atoms with van der Waals surface area (Å²) in [4.78, 5) is 11.1. The number of hydrogen-bond acceptors (Lipinski definition) is 5. The molecule has 1 fully saturated rings. The van der Waals surface area contributed by atoms with Crippen molar-refractivity contribution in [2.75, 3.05) is 24.5 Å². The Balaban J connectivity index is 2.01. The number of aromatic nitrogens is 2. The maximum atomic E-state index is 4.43. The van der Waals surface area contributed by atoms with Gasteiger partial charge in [-0.1, -0.05) is 0 Å². The molecule has 0 saturated carbocycles. The summed E-state index contributed by atoms with van der Waals surface area (Å²) >= 11 is 1.72. The fourth-order valence-corrected chi connectivity index (χ4v) is 2.99. The first-order valence-corrected chi connectivity index (χ1v) is 6.39. The van der Waals surface area contributed by atoms with Crippen LogP contribution in [0.25, 0.3) is 10.2 Å². The van der Waals surface area contributed by atoms with Crippen LogP contribution < -0.4 is 10.2 Å². The molecule has 1 N–H and O–H groups in total. The topological polar surface area (TPSA) is 41.1 Å². The lowest BCUT2D eigenvalue weighted by molar-refractivity contribution is 0.483. The van der Waals surface area contributed by atoms with Crippen molar-refractivity contribution >= 4 is 27.4 Å². The molecular weight excluding hydrogens is 220 g/mol. The van der Waals surface area contributed by atoms with E-state index in [1.807, 2.05) is 0 Å². The first-order chi connectivity index (χ1) is 7.84. The number of anilines is 1. The number of nitrogens with one attached hydrogen (secondary N) is 1. The van der Waals surface area contributed by atoms with E-state index in [9.17, 15) is 0 Å². The Bertz CT molecular complexity index is 495. The van der Waals surface area contributed by atoms with Crippen molar-refractivity contribution in [2.24, 2.45) is 0 Å². The minimum atomic E-state index is 0.527. The molecule has 0 aliphatic carbocycles. The van der Waals surface area contributed by atoms with E-state index < -0.39 is 0 Å². The van der Waals surface area contributed by atoms with E-state index in [4.69, 9.17) is 0 Å². The second kappa shape index (κ2) is 3.99. The molecule has 1 aliphatic heterocycles. The summed E-state index contributed by atoms with van der Waals surface area (Å²) in [5, 5.41) is 5.52. The van der Waals surface area contributed by atoms with E-state index in [-0.39, 0.29) is 0 Å². The zero-order chi connectivity index (χ0) is 11.0. The molecule has 0 radical (unpaired) electrons. The number of hydrogen-bond donors (Lipinski definition) is 1. The highest BCUT2D eigenvalue weighted by Gasteiger charge is 2.19. The van der Waals surface area contributed by atoms with Gasteiger partial charge in [-0.3, -0.25) is 0 Å². The molecule has 1 saturated heterocycles. The Morgan fingerprint density at radius 3 is 3.31 bits per heavy atom. The van der Waals surface area contributed by atoms with Crippen LogP contribution in [0.4, 0.5) is 5.82 Å². The minimum absolute atomic E-state index is 0.527. The Morgan fingerprint density at radius 2 is 2.44 bits per heavy atom. The monoisotopic (exact) mass is 234 g/mol. The van der Waals surface area contributed by atoms with Gasteiger partial charge < -0.3 is 10.2 Å². The summed E-state index contributed by atoms with van der Waals surface area (Å²) in [5.74, 6) is 1.09. The number of rotatable bonds is 1. The maximum Gasteiger partial charge on any atom is 0.150 e.